The van der Waals surface area contributed by atoms with E-state index >= 15 is 0 Å². The number of carbonyl (C=O) groups excluding carboxylic acids is 1. The SMILES string of the molecule is CC1CC(Nc2cc(-n3c4ccccc4c4c(-c5ccc(C#N)nc5)cccc43)ccc2C(N)=O)CC1N(C)C. The highest BCUT2D eigenvalue weighted by Crippen LogP contribution is 2.39. The summed E-state index contributed by atoms with van der Waals surface area (Å²) < 4.78 is 2.24. The number of anilines is 1. The molecule has 3 N–H and O–H groups in total. The normalized spacial score (nSPS) is 18.8. The Bertz CT molecular complexity index is 1780. The van der Waals surface area contributed by atoms with Crippen molar-refractivity contribution < 1.29 is 4.79 Å². The molecular formula is C33H32N6O. The number of fused-ring (bicyclic) bond motifs is 3. The molecule has 2 aromatic heterocycles. The summed E-state index contributed by atoms with van der Waals surface area (Å²) in [6.45, 7) is 2.29. The molecule has 0 spiro atoms. The molecule has 0 bridgehead atoms. The van der Waals surface area contributed by atoms with Gasteiger partial charge < -0.3 is 20.5 Å². The first-order chi connectivity index (χ1) is 19.4. The van der Waals surface area contributed by atoms with Crippen molar-refractivity contribution in [2.45, 2.75) is 31.8 Å². The van der Waals surface area contributed by atoms with E-state index in [0.29, 0.717) is 23.2 Å². The Hall–Kier alpha value is -4.67. The Labute approximate surface area is 233 Å². The number of nitrogens with zero attached hydrogens (tertiary/aromatic N) is 4. The van der Waals surface area contributed by atoms with E-state index in [2.05, 4.69) is 77.2 Å². The summed E-state index contributed by atoms with van der Waals surface area (Å²) in [4.78, 5) is 19.0. The molecule has 1 saturated carbocycles. The average Bonchev–Trinajstić information content (AvgIpc) is 3.50. The molecule has 7 nitrogen and oxygen atoms in total. The average molecular weight is 529 g/mol. The minimum atomic E-state index is -0.443. The van der Waals surface area contributed by atoms with Gasteiger partial charge in [0.15, 0.2) is 0 Å². The van der Waals surface area contributed by atoms with E-state index in [9.17, 15) is 10.1 Å². The standard InChI is InChI=1S/C33H32N6O/c1-20-15-23(16-31(20)38(2)3)37-28-17-24(13-14-26(28)33(35)40)39-29-9-5-4-7-27(29)32-25(8-6-10-30(32)39)21-11-12-22(18-34)36-19-21/h4-14,17,19-20,23,31,37H,15-16H2,1-3H3,(H2,35,40). The smallest absolute Gasteiger partial charge is 0.250 e. The van der Waals surface area contributed by atoms with Crippen molar-refractivity contribution in [3.63, 3.8) is 0 Å². The summed E-state index contributed by atoms with van der Waals surface area (Å²) >= 11 is 0. The van der Waals surface area contributed by atoms with Crippen LogP contribution in [-0.4, -0.2) is 46.5 Å². The van der Waals surface area contributed by atoms with Crippen molar-refractivity contribution in [2.24, 2.45) is 11.7 Å². The maximum Gasteiger partial charge on any atom is 0.250 e. The lowest BCUT2D eigenvalue weighted by Gasteiger charge is -2.23. The predicted molar refractivity (Wildman–Crippen MR) is 161 cm³/mol. The molecule has 200 valence electrons. The number of primary amides is 1. The summed E-state index contributed by atoms with van der Waals surface area (Å²) in [5.41, 5.74) is 12.5. The first-order valence-corrected chi connectivity index (χ1v) is 13.6. The number of pyridine rings is 1. The number of para-hydroxylation sites is 1. The lowest BCUT2D eigenvalue weighted by molar-refractivity contribution is 0.100. The maximum atomic E-state index is 12.4. The van der Waals surface area contributed by atoms with E-state index in [1.165, 1.54) is 0 Å². The van der Waals surface area contributed by atoms with Gasteiger partial charge in [0.25, 0.3) is 5.91 Å². The van der Waals surface area contributed by atoms with Gasteiger partial charge in [-0.3, -0.25) is 4.79 Å². The van der Waals surface area contributed by atoms with Crippen molar-refractivity contribution >= 4 is 33.4 Å². The summed E-state index contributed by atoms with van der Waals surface area (Å²) in [6.07, 6.45) is 3.79. The highest BCUT2D eigenvalue weighted by molar-refractivity contribution is 6.15. The number of amides is 1. The highest BCUT2D eigenvalue weighted by Gasteiger charge is 2.33. The van der Waals surface area contributed by atoms with Crippen molar-refractivity contribution in [3.05, 3.63) is 90.3 Å². The van der Waals surface area contributed by atoms with Gasteiger partial charge in [-0.05, 0) is 80.9 Å². The number of carbonyl (C=O) groups is 1. The molecule has 40 heavy (non-hydrogen) atoms. The van der Waals surface area contributed by atoms with Crippen LogP contribution in [0.3, 0.4) is 0 Å². The molecule has 0 radical (unpaired) electrons. The van der Waals surface area contributed by atoms with Crippen LogP contribution in [0.4, 0.5) is 5.69 Å². The summed E-state index contributed by atoms with van der Waals surface area (Å²) in [5, 5.41) is 15.1. The zero-order chi connectivity index (χ0) is 28.0. The zero-order valence-electron chi connectivity index (χ0n) is 22.9. The van der Waals surface area contributed by atoms with E-state index in [0.717, 1.165) is 57.1 Å². The second-order valence-electron chi connectivity index (χ2n) is 11.0. The molecule has 1 aliphatic rings. The molecule has 1 fully saturated rings. The molecule has 1 aliphatic carbocycles. The topological polar surface area (TPSA) is 100.0 Å². The fourth-order valence-corrected chi connectivity index (χ4v) is 6.45. The summed E-state index contributed by atoms with van der Waals surface area (Å²) in [5.74, 6) is 0.113. The number of nitriles is 1. The van der Waals surface area contributed by atoms with E-state index in [1.54, 1.807) is 12.3 Å². The van der Waals surface area contributed by atoms with Crippen molar-refractivity contribution in [3.8, 4) is 22.9 Å². The third-order valence-electron chi connectivity index (χ3n) is 8.28. The molecule has 0 aliphatic heterocycles. The fraction of sp³-hybridized carbons (Fsp3) is 0.242. The molecule has 5 aromatic rings. The molecule has 3 unspecified atom stereocenters. The Morgan fingerprint density at radius 3 is 2.55 bits per heavy atom. The number of nitrogens with one attached hydrogen (secondary N) is 1. The van der Waals surface area contributed by atoms with Crippen molar-refractivity contribution in [2.75, 3.05) is 19.4 Å². The lowest BCUT2D eigenvalue weighted by atomic mass is 10.0. The Kier molecular flexibility index (Phi) is 6.49. The Balaban J connectivity index is 1.50. The molecule has 1 amide bonds. The molecule has 0 saturated heterocycles. The van der Waals surface area contributed by atoms with Gasteiger partial charge in [-0.1, -0.05) is 37.3 Å². The van der Waals surface area contributed by atoms with Crippen LogP contribution >= 0.6 is 0 Å². The van der Waals surface area contributed by atoms with Gasteiger partial charge in [-0.25, -0.2) is 4.98 Å². The van der Waals surface area contributed by atoms with Gasteiger partial charge in [-0.15, -0.1) is 0 Å². The fourth-order valence-electron chi connectivity index (χ4n) is 6.45. The van der Waals surface area contributed by atoms with Crippen LogP contribution in [0.25, 0.3) is 38.6 Å². The van der Waals surface area contributed by atoms with Gasteiger partial charge in [0.05, 0.1) is 16.6 Å². The number of hydrogen-bond acceptors (Lipinski definition) is 5. The number of aromatic nitrogens is 2. The molecule has 6 rings (SSSR count). The third-order valence-corrected chi connectivity index (χ3v) is 8.28. The van der Waals surface area contributed by atoms with Gasteiger partial charge in [-0.2, -0.15) is 5.26 Å². The monoisotopic (exact) mass is 528 g/mol. The number of hydrogen-bond donors (Lipinski definition) is 2. The Morgan fingerprint density at radius 2 is 1.85 bits per heavy atom. The van der Waals surface area contributed by atoms with Crippen LogP contribution in [0.2, 0.25) is 0 Å². The lowest BCUT2D eigenvalue weighted by Crippen LogP contribution is -2.30. The maximum absolute atomic E-state index is 12.4. The Morgan fingerprint density at radius 1 is 1.05 bits per heavy atom. The van der Waals surface area contributed by atoms with E-state index < -0.39 is 5.91 Å². The van der Waals surface area contributed by atoms with Crippen LogP contribution in [0.15, 0.2) is 79.0 Å². The molecule has 7 heteroatoms. The largest absolute Gasteiger partial charge is 0.382 e. The highest BCUT2D eigenvalue weighted by atomic mass is 16.1. The quantitative estimate of drug-likeness (QED) is 0.283. The van der Waals surface area contributed by atoms with Gasteiger partial charge in [0.1, 0.15) is 11.8 Å². The van der Waals surface area contributed by atoms with Gasteiger partial charge >= 0.3 is 0 Å². The number of rotatable bonds is 6. The second kappa shape index (κ2) is 10.1. The van der Waals surface area contributed by atoms with Crippen molar-refractivity contribution in [1.29, 1.82) is 5.26 Å². The van der Waals surface area contributed by atoms with E-state index in [1.807, 2.05) is 36.4 Å². The minimum Gasteiger partial charge on any atom is -0.382 e. The zero-order valence-corrected chi connectivity index (χ0v) is 22.9. The molecule has 3 aromatic carbocycles. The summed E-state index contributed by atoms with van der Waals surface area (Å²) in [6, 6.07) is 27.0. The molecular weight excluding hydrogens is 496 g/mol. The predicted octanol–water partition coefficient (Wildman–Crippen LogP) is 5.96. The number of benzene rings is 3. The van der Waals surface area contributed by atoms with Gasteiger partial charge in [0.2, 0.25) is 0 Å². The van der Waals surface area contributed by atoms with E-state index in [4.69, 9.17) is 5.73 Å². The molecule has 2 heterocycles. The molecule has 3 atom stereocenters. The van der Waals surface area contributed by atoms with Crippen LogP contribution in [0, 0.1) is 17.2 Å². The van der Waals surface area contributed by atoms with Crippen LogP contribution < -0.4 is 11.1 Å². The van der Waals surface area contributed by atoms with Crippen LogP contribution in [0.5, 0.6) is 0 Å². The minimum absolute atomic E-state index is 0.254. The van der Waals surface area contributed by atoms with Crippen molar-refractivity contribution in [1.82, 2.24) is 14.5 Å². The number of nitrogens with two attached hydrogens (primary N) is 1. The van der Waals surface area contributed by atoms with E-state index in [-0.39, 0.29) is 6.04 Å². The third kappa shape index (κ3) is 4.37. The summed E-state index contributed by atoms with van der Waals surface area (Å²) in [7, 11) is 4.26. The first kappa shape index (κ1) is 25.6. The first-order valence-electron chi connectivity index (χ1n) is 13.6. The van der Waals surface area contributed by atoms with Crippen LogP contribution in [-0.2, 0) is 0 Å². The van der Waals surface area contributed by atoms with Gasteiger partial charge in [0, 0.05) is 46.0 Å². The second-order valence-corrected chi connectivity index (χ2v) is 11.0. The van der Waals surface area contributed by atoms with Crippen LogP contribution in [0.1, 0.15) is 35.8 Å².